The lowest BCUT2D eigenvalue weighted by atomic mass is 10.1. The average molecular weight is 271 g/mol. The van der Waals surface area contributed by atoms with Crippen molar-refractivity contribution in [2.45, 2.75) is 39.8 Å². The lowest BCUT2D eigenvalue weighted by Crippen LogP contribution is -2.11. The van der Waals surface area contributed by atoms with Gasteiger partial charge >= 0.3 is 0 Å². The van der Waals surface area contributed by atoms with Crippen LogP contribution in [0.3, 0.4) is 0 Å². The van der Waals surface area contributed by atoms with Gasteiger partial charge in [0.1, 0.15) is 0 Å². The Hall–Kier alpha value is -2.10. The molecule has 2 rings (SSSR count). The highest BCUT2D eigenvalue weighted by atomic mass is 16.5. The summed E-state index contributed by atoms with van der Waals surface area (Å²) in [5, 5.41) is 3.29. The van der Waals surface area contributed by atoms with Gasteiger partial charge in [0.2, 0.25) is 11.8 Å². The number of nitrogens with zero attached hydrogens (tertiary/aromatic N) is 2. The number of ether oxygens (including phenoxy) is 1. The van der Waals surface area contributed by atoms with Crippen LogP contribution in [0.25, 0.3) is 0 Å². The largest absolute Gasteiger partial charge is 0.475 e. The van der Waals surface area contributed by atoms with E-state index in [4.69, 9.17) is 4.74 Å². The SMILES string of the molecule is Cc1ccc(C(C)Nc2nccc(OC(C)C)n2)cc1. The summed E-state index contributed by atoms with van der Waals surface area (Å²) in [7, 11) is 0. The molecule has 0 amide bonds. The summed E-state index contributed by atoms with van der Waals surface area (Å²) in [5.41, 5.74) is 2.46. The van der Waals surface area contributed by atoms with Gasteiger partial charge in [0, 0.05) is 12.3 Å². The van der Waals surface area contributed by atoms with E-state index in [0.29, 0.717) is 11.8 Å². The monoisotopic (exact) mass is 271 g/mol. The molecule has 0 saturated carbocycles. The minimum absolute atomic E-state index is 0.104. The van der Waals surface area contributed by atoms with Crippen molar-refractivity contribution in [3.63, 3.8) is 0 Å². The molecule has 4 heteroatoms. The van der Waals surface area contributed by atoms with Crippen molar-refractivity contribution in [1.82, 2.24) is 9.97 Å². The standard InChI is InChI=1S/C16H21N3O/c1-11(2)20-15-9-10-17-16(19-15)18-13(4)14-7-5-12(3)6-8-14/h5-11,13H,1-4H3,(H,17,18,19). The molecular weight excluding hydrogens is 250 g/mol. The van der Waals surface area contributed by atoms with E-state index in [1.165, 1.54) is 11.1 Å². The molecule has 0 fully saturated rings. The first kappa shape index (κ1) is 14.3. The molecule has 0 radical (unpaired) electrons. The van der Waals surface area contributed by atoms with Gasteiger partial charge in [0.05, 0.1) is 12.1 Å². The summed E-state index contributed by atoms with van der Waals surface area (Å²) in [6.45, 7) is 8.12. The Kier molecular flexibility index (Phi) is 4.56. The van der Waals surface area contributed by atoms with Gasteiger partial charge in [-0.2, -0.15) is 4.98 Å². The Bertz CT molecular complexity index is 552. The molecule has 1 aromatic heterocycles. The van der Waals surface area contributed by atoms with E-state index in [1.807, 2.05) is 13.8 Å². The molecule has 0 aliphatic heterocycles. The highest BCUT2D eigenvalue weighted by Crippen LogP contribution is 2.18. The Morgan fingerprint density at radius 2 is 1.75 bits per heavy atom. The highest BCUT2D eigenvalue weighted by Gasteiger charge is 2.08. The number of anilines is 1. The summed E-state index contributed by atoms with van der Waals surface area (Å²) in [6.07, 6.45) is 1.81. The fraction of sp³-hybridized carbons (Fsp3) is 0.375. The van der Waals surface area contributed by atoms with Crippen LogP contribution < -0.4 is 10.1 Å². The number of benzene rings is 1. The van der Waals surface area contributed by atoms with E-state index in [1.54, 1.807) is 12.3 Å². The van der Waals surface area contributed by atoms with E-state index in [-0.39, 0.29) is 12.1 Å². The number of nitrogens with one attached hydrogen (secondary N) is 1. The van der Waals surface area contributed by atoms with Crippen LogP contribution in [0.5, 0.6) is 5.88 Å². The third-order valence-corrected chi connectivity index (χ3v) is 2.91. The van der Waals surface area contributed by atoms with Crippen molar-refractivity contribution < 1.29 is 4.74 Å². The second-order valence-electron chi connectivity index (χ2n) is 5.16. The van der Waals surface area contributed by atoms with Crippen molar-refractivity contribution in [2.75, 3.05) is 5.32 Å². The molecule has 106 valence electrons. The number of aromatic nitrogens is 2. The summed E-state index contributed by atoms with van der Waals surface area (Å²) in [5.74, 6) is 1.17. The first-order chi connectivity index (χ1) is 9.54. The Labute approximate surface area is 120 Å². The van der Waals surface area contributed by atoms with Crippen LogP contribution >= 0.6 is 0 Å². The van der Waals surface area contributed by atoms with Gasteiger partial charge in [-0.15, -0.1) is 0 Å². The first-order valence-corrected chi connectivity index (χ1v) is 6.87. The quantitative estimate of drug-likeness (QED) is 0.899. The zero-order chi connectivity index (χ0) is 14.5. The molecule has 1 unspecified atom stereocenters. The van der Waals surface area contributed by atoms with Gasteiger partial charge in [-0.25, -0.2) is 4.98 Å². The Balaban J connectivity index is 2.07. The minimum Gasteiger partial charge on any atom is -0.475 e. The lowest BCUT2D eigenvalue weighted by molar-refractivity contribution is 0.232. The topological polar surface area (TPSA) is 47.0 Å². The number of rotatable bonds is 5. The summed E-state index contributed by atoms with van der Waals surface area (Å²) < 4.78 is 5.57. The predicted octanol–water partition coefficient (Wildman–Crippen LogP) is 3.75. The summed E-state index contributed by atoms with van der Waals surface area (Å²) in [6, 6.07) is 10.3. The highest BCUT2D eigenvalue weighted by molar-refractivity contribution is 5.34. The first-order valence-electron chi connectivity index (χ1n) is 6.87. The van der Waals surface area contributed by atoms with Gasteiger partial charge in [0.15, 0.2) is 0 Å². The fourth-order valence-electron chi connectivity index (χ4n) is 1.85. The zero-order valence-corrected chi connectivity index (χ0v) is 12.4. The molecule has 1 aromatic carbocycles. The molecule has 0 bridgehead atoms. The number of hydrogen-bond acceptors (Lipinski definition) is 4. The van der Waals surface area contributed by atoms with Crippen LogP contribution in [-0.4, -0.2) is 16.1 Å². The zero-order valence-electron chi connectivity index (χ0n) is 12.4. The second-order valence-corrected chi connectivity index (χ2v) is 5.16. The van der Waals surface area contributed by atoms with Crippen molar-refractivity contribution in [3.8, 4) is 5.88 Å². The minimum atomic E-state index is 0.104. The maximum atomic E-state index is 5.57. The van der Waals surface area contributed by atoms with E-state index in [2.05, 4.69) is 53.4 Å². The Morgan fingerprint density at radius 1 is 1.05 bits per heavy atom. The number of aryl methyl sites for hydroxylation is 1. The molecule has 1 heterocycles. The maximum Gasteiger partial charge on any atom is 0.226 e. The van der Waals surface area contributed by atoms with Gasteiger partial charge in [-0.1, -0.05) is 29.8 Å². The van der Waals surface area contributed by atoms with Crippen LogP contribution in [0.4, 0.5) is 5.95 Å². The van der Waals surface area contributed by atoms with Gasteiger partial charge in [-0.05, 0) is 33.3 Å². The molecule has 0 saturated heterocycles. The van der Waals surface area contributed by atoms with E-state index < -0.39 is 0 Å². The molecule has 0 aliphatic carbocycles. The smallest absolute Gasteiger partial charge is 0.226 e. The molecule has 20 heavy (non-hydrogen) atoms. The summed E-state index contributed by atoms with van der Waals surface area (Å²) in [4.78, 5) is 8.58. The van der Waals surface area contributed by atoms with Crippen molar-refractivity contribution in [3.05, 3.63) is 47.7 Å². The molecular formula is C16H21N3O. The van der Waals surface area contributed by atoms with Crippen molar-refractivity contribution in [1.29, 1.82) is 0 Å². The maximum absolute atomic E-state index is 5.57. The Morgan fingerprint density at radius 3 is 2.40 bits per heavy atom. The van der Waals surface area contributed by atoms with Crippen LogP contribution in [0.1, 0.15) is 37.9 Å². The third kappa shape index (κ3) is 3.95. The fourth-order valence-corrected chi connectivity index (χ4v) is 1.85. The van der Waals surface area contributed by atoms with E-state index >= 15 is 0 Å². The van der Waals surface area contributed by atoms with E-state index in [9.17, 15) is 0 Å². The normalized spacial score (nSPS) is 12.2. The molecule has 0 aliphatic rings. The predicted molar refractivity (Wildman–Crippen MR) is 81.0 cm³/mol. The summed E-state index contributed by atoms with van der Waals surface area (Å²) >= 11 is 0. The molecule has 4 nitrogen and oxygen atoms in total. The molecule has 1 atom stereocenters. The van der Waals surface area contributed by atoms with E-state index in [0.717, 1.165) is 0 Å². The van der Waals surface area contributed by atoms with Gasteiger partial charge in [-0.3, -0.25) is 0 Å². The van der Waals surface area contributed by atoms with Crippen LogP contribution in [-0.2, 0) is 0 Å². The van der Waals surface area contributed by atoms with Crippen molar-refractivity contribution >= 4 is 5.95 Å². The van der Waals surface area contributed by atoms with Crippen LogP contribution in [0.2, 0.25) is 0 Å². The van der Waals surface area contributed by atoms with Crippen LogP contribution in [0, 0.1) is 6.92 Å². The van der Waals surface area contributed by atoms with Gasteiger partial charge < -0.3 is 10.1 Å². The average Bonchev–Trinajstić information content (AvgIpc) is 2.39. The molecule has 0 spiro atoms. The lowest BCUT2D eigenvalue weighted by Gasteiger charge is -2.15. The second kappa shape index (κ2) is 6.37. The van der Waals surface area contributed by atoms with Crippen molar-refractivity contribution in [2.24, 2.45) is 0 Å². The molecule has 1 N–H and O–H groups in total. The van der Waals surface area contributed by atoms with Crippen LogP contribution in [0.15, 0.2) is 36.5 Å². The van der Waals surface area contributed by atoms with Gasteiger partial charge in [0.25, 0.3) is 0 Å². The third-order valence-electron chi connectivity index (χ3n) is 2.91. The number of hydrogen-bond donors (Lipinski definition) is 1. The molecule has 2 aromatic rings.